The molecule has 9 heteroatoms. The van der Waals surface area contributed by atoms with Gasteiger partial charge >= 0.3 is 11.9 Å². The van der Waals surface area contributed by atoms with Gasteiger partial charge in [-0.15, -0.1) is 0 Å². The fourth-order valence-corrected chi connectivity index (χ4v) is 2.23. The first-order chi connectivity index (χ1) is 12.8. The highest BCUT2D eigenvalue weighted by atomic mass is 16.4. The molecule has 0 aliphatic rings. The van der Waals surface area contributed by atoms with Crippen LogP contribution in [0.2, 0.25) is 0 Å². The molecule has 2 aromatic carbocycles. The van der Waals surface area contributed by atoms with E-state index in [1.807, 2.05) is 0 Å². The molecule has 0 saturated carbocycles. The van der Waals surface area contributed by atoms with Gasteiger partial charge in [0.25, 0.3) is 11.8 Å². The molecular weight excluding hydrogens is 356 g/mol. The number of amides is 2. The van der Waals surface area contributed by atoms with Gasteiger partial charge in [0.05, 0.1) is 0 Å². The normalized spacial score (nSPS) is 12.4. The van der Waals surface area contributed by atoms with Crippen LogP contribution in [0.3, 0.4) is 0 Å². The zero-order valence-electron chi connectivity index (χ0n) is 13.8. The second kappa shape index (κ2) is 8.48. The van der Waals surface area contributed by atoms with Crippen molar-refractivity contribution in [1.29, 1.82) is 0 Å². The van der Waals surface area contributed by atoms with Gasteiger partial charge in [-0.3, -0.25) is 9.59 Å². The Labute approximate surface area is 153 Å². The molecule has 0 aliphatic carbocycles. The van der Waals surface area contributed by atoms with E-state index in [1.165, 1.54) is 36.4 Å². The Morgan fingerprint density at radius 2 is 1.07 bits per heavy atom. The topological polar surface area (TPSA) is 153 Å². The van der Waals surface area contributed by atoms with Gasteiger partial charge < -0.3 is 26.0 Å². The maximum absolute atomic E-state index is 12.2. The van der Waals surface area contributed by atoms with Gasteiger partial charge in [0, 0.05) is 11.1 Å². The van der Waals surface area contributed by atoms with Crippen LogP contribution >= 0.6 is 0 Å². The van der Waals surface area contributed by atoms with Crippen molar-refractivity contribution in [3.05, 3.63) is 65.7 Å². The number of phenols is 1. The summed E-state index contributed by atoms with van der Waals surface area (Å²) in [7, 11) is 0. The maximum Gasteiger partial charge on any atom is 0.329 e. The first kappa shape index (κ1) is 19.4. The fraction of sp³-hybridized carbons (Fsp3) is 0.111. The Hall–Kier alpha value is -3.88. The minimum atomic E-state index is -1.92. The van der Waals surface area contributed by atoms with Crippen LogP contribution in [0.15, 0.2) is 54.6 Å². The molecule has 2 aromatic rings. The molecule has 2 rings (SSSR count). The molecule has 0 spiro atoms. The van der Waals surface area contributed by atoms with Crippen molar-refractivity contribution in [3.63, 3.8) is 0 Å². The summed E-state index contributed by atoms with van der Waals surface area (Å²) in [5, 5.41) is 32.1. The van der Waals surface area contributed by atoms with Crippen LogP contribution in [-0.4, -0.2) is 51.2 Å². The van der Waals surface area contributed by atoms with Crippen LogP contribution in [0.1, 0.15) is 20.7 Å². The second-order valence-electron chi connectivity index (χ2n) is 5.49. The van der Waals surface area contributed by atoms with Gasteiger partial charge in [-0.05, 0) is 36.4 Å². The summed E-state index contributed by atoms with van der Waals surface area (Å²) in [5.41, 5.74) is 0.148. The Balaban J connectivity index is 2.21. The lowest BCUT2D eigenvalue weighted by Crippen LogP contribution is -2.59. The first-order valence-corrected chi connectivity index (χ1v) is 7.71. The molecule has 0 aromatic heterocycles. The summed E-state index contributed by atoms with van der Waals surface area (Å²) < 4.78 is 0. The average molecular weight is 372 g/mol. The number of rotatable bonds is 7. The molecule has 0 radical (unpaired) electrons. The quantitative estimate of drug-likeness (QED) is 0.473. The molecule has 0 saturated heterocycles. The van der Waals surface area contributed by atoms with E-state index in [0.29, 0.717) is 0 Å². The number of carboxylic acids is 2. The third-order valence-electron chi connectivity index (χ3n) is 3.60. The molecular formula is C18H16N2O7. The third kappa shape index (κ3) is 5.05. The maximum atomic E-state index is 12.2. The highest BCUT2D eigenvalue weighted by Crippen LogP contribution is 2.10. The monoisotopic (exact) mass is 372 g/mol. The van der Waals surface area contributed by atoms with E-state index in [4.69, 9.17) is 0 Å². The SMILES string of the molecule is O=C(NC(C(=O)O)C(NC(=O)c1ccc(O)cc1)C(=O)O)c1ccccc1. The van der Waals surface area contributed by atoms with E-state index in [1.54, 1.807) is 18.2 Å². The van der Waals surface area contributed by atoms with Gasteiger partial charge in [-0.2, -0.15) is 0 Å². The average Bonchev–Trinajstić information content (AvgIpc) is 2.65. The Kier molecular flexibility index (Phi) is 6.10. The number of hydrogen-bond acceptors (Lipinski definition) is 5. The van der Waals surface area contributed by atoms with E-state index in [2.05, 4.69) is 10.6 Å². The van der Waals surface area contributed by atoms with Crippen molar-refractivity contribution in [3.8, 4) is 5.75 Å². The van der Waals surface area contributed by atoms with Gasteiger partial charge in [0.1, 0.15) is 5.75 Å². The number of carboxylic acid groups (broad SMARTS) is 2. The molecule has 0 heterocycles. The lowest BCUT2D eigenvalue weighted by Gasteiger charge is -2.22. The Morgan fingerprint density at radius 1 is 0.667 bits per heavy atom. The van der Waals surface area contributed by atoms with Crippen LogP contribution < -0.4 is 10.6 Å². The summed E-state index contributed by atoms with van der Waals surface area (Å²) in [6, 6.07) is 8.73. The number of aromatic hydroxyl groups is 1. The molecule has 0 aliphatic heterocycles. The van der Waals surface area contributed by atoms with Gasteiger partial charge in [0.15, 0.2) is 12.1 Å². The van der Waals surface area contributed by atoms with Gasteiger partial charge in [0.2, 0.25) is 0 Å². The minimum Gasteiger partial charge on any atom is -0.508 e. The number of nitrogens with one attached hydrogen (secondary N) is 2. The Morgan fingerprint density at radius 3 is 1.48 bits per heavy atom. The van der Waals surface area contributed by atoms with Crippen molar-refractivity contribution in [2.24, 2.45) is 0 Å². The highest BCUT2D eigenvalue weighted by Gasteiger charge is 2.36. The van der Waals surface area contributed by atoms with Crippen LogP contribution in [0.5, 0.6) is 5.75 Å². The van der Waals surface area contributed by atoms with E-state index >= 15 is 0 Å². The predicted octanol–water partition coefficient (Wildman–Crippen LogP) is 0.458. The zero-order valence-corrected chi connectivity index (χ0v) is 13.8. The number of benzene rings is 2. The van der Waals surface area contributed by atoms with Crippen LogP contribution in [0.25, 0.3) is 0 Å². The predicted molar refractivity (Wildman–Crippen MR) is 92.3 cm³/mol. The molecule has 9 nitrogen and oxygen atoms in total. The van der Waals surface area contributed by atoms with E-state index in [-0.39, 0.29) is 16.9 Å². The van der Waals surface area contributed by atoms with E-state index in [9.17, 15) is 34.5 Å². The smallest absolute Gasteiger partial charge is 0.329 e. The number of aliphatic carboxylic acids is 2. The second-order valence-corrected chi connectivity index (χ2v) is 5.49. The van der Waals surface area contributed by atoms with Crippen molar-refractivity contribution in [1.82, 2.24) is 10.6 Å². The van der Waals surface area contributed by atoms with Crippen molar-refractivity contribution >= 4 is 23.8 Å². The molecule has 27 heavy (non-hydrogen) atoms. The summed E-state index contributed by atoms with van der Waals surface area (Å²) in [6.07, 6.45) is 0. The van der Waals surface area contributed by atoms with Crippen molar-refractivity contribution in [2.45, 2.75) is 12.1 Å². The standard InChI is InChI=1S/C18H16N2O7/c21-12-8-6-11(7-9-12)16(23)20-14(18(26)27)13(17(24)25)19-15(22)10-4-2-1-3-5-10/h1-9,13-14,21H,(H,19,22)(H,20,23)(H,24,25)(H,26,27). The molecule has 2 unspecified atom stereocenters. The van der Waals surface area contributed by atoms with Gasteiger partial charge in [-0.25, -0.2) is 9.59 Å². The summed E-state index contributed by atoms with van der Waals surface area (Å²) in [5.74, 6) is -5.03. The highest BCUT2D eigenvalue weighted by molar-refractivity contribution is 6.01. The van der Waals surface area contributed by atoms with Crippen molar-refractivity contribution < 1.29 is 34.5 Å². The summed E-state index contributed by atoms with van der Waals surface area (Å²) in [6.45, 7) is 0. The van der Waals surface area contributed by atoms with Gasteiger partial charge in [-0.1, -0.05) is 18.2 Å². The number of carbonyl (C=O) groups is 4. The molecule has 2 atom stereocenters. The van der Waals surface area contributed by atoms with Crippen molar-refractivity contribution in [2.75, 3.05) is 0 Å². The zero-order chi connectivity index (χ0) is 20.0. The number of hydrogen-bond donors (Lipinski definition) is 5. The van der Waals surface area contributed by atoms with E-state index < -0.39 is 35.8 Å². The number of phenolic OH excluding ortho intramolecular Hbond substituents is 1. The largest absolute Gasteiger partial charge is 0.508 e. The van der Waals surface area contributed by atoms with E-state index in [0.717, 1.165) is 0 Å². The summed E-state index contributed by atoms with van der Waals surface area (Å²) in [4.78, 5) is 47.4. The molecule has 2 amide bonds. The summed E-state index contributed by atoms with van der Waals surface area (Å²) >= 11 is 0. The molecule has 5 N–H and O–H groups in total. The fourth-order valence-electron chi connectivity index (χ4n) is 2.23. The number of carbonyl (C=O) groups excluding carboxylic acids is 2. The lowest BCUT2D eigenvalue weighted by atomic mass is 10.1. The molecule has 140 valence electrons. The lowest BCUT2D eigenvalue weighted by molar-refractivity contribution is -0.147. The molecule has 0 bridgehead atoms. The first-order valence-electron chi connectivity index (χ1n) is 7.71. The Bertz CT molecular complexity index is 850. The minimum absolute atomic E-state index is 0.0116. The van der Waals surface area contributed by atoms with Crippen LogP contribution in [-0.2, 0) is 9.59 Å². The van der Waals surface area contributed by atoms with Crippen LogP contribution in [0, 0.1) is 0 Å². The third-order valence-corrected chi connectivity index (χ3v) is 3.60. The van der Waals surface area contributed by atoms with Crippen LogP contribution in [0.4, 0.5) is 0 Å². The molecule has 0 fully saturated rings.